The number of piperidine rings is 1. The van der Waals surface area contributed by atoms with E-state index in [1.165, 1.54) is 6.42 Å². The van der Waals surface area contributed by atoms with E-state index < -0.39 is 0 Å². The maximum Gasteiger partial charge on any atom is 0.137 e. The number of hydrogen-bond donors (Lipinski definition) is 3. The van der Waals surface area contributed by atoms with Crippen LogP contribution in [0.3, 0.4) is 0 Å². The van der Waals surface area contributed by atoms with E-state index in [4.69, 9.17) is 0 Å². The van der Waals surface area contributed by atoms with Gasteiger partial charge in [0.15, 0.2) is 0 Å². The first-order chi connectivity index (χ1) is 8.18. The van der Waals surface area contributed by atoms with E-state index in [0.717, 1.165) is 38.3 Å². The van der Waals surface area contributed by atoms with Crippen molar-refractivity contribution in [1.82, 2.24) is 25.8 Å². The smallest absolute Gasteiger partial charge is 0.137 e. The Hall–Kier alpha value is -0.940. The molecule has 0 radical (unpaired) electrons. The molecule has 2 rings (SSSR count). The zero-order chi connectivity index (χ0) is 12.1. The van der Waals surface area contributed by atoms with Gasteiger partial charge in [-0.15, -0.1) is 0 Å². The molecule has 1 aromatic rings. The number of aromatic nitrogens is 3. The van der Waals surface area contributed by atoms with Crippen LogP contribution >= 0.6 is 0 Å². The van der Waals surface area contributed by atoms with Crippen LogP contribution in [0.15, 0.2) is 6.33 Å². The second-order valence-electron chi connectivity index (χ2n) is 5.50. The van der Waals surface area contributed by atoms with Crippen LogP contribution in [0.1, 0.15) is 32.5 Å². The fourth-order valence-electron chi connectivity index (χ4n) is 2.43. The second-order valence-corrected chi connectivity index (χ2v) is 5.50. The van der Waals surface area contributed by atoms with Gasteiger partial charge in [-0.05, 0) is 31.3 Å². The molecule has 1 saturated heterocycles. The predicted octanol–water partition coefficient (Wildman–Crippen LogP) is 0.715. The second kappa shape index (κ2) is 5.60. The average Bonchev–Trinajstić information content (AvgIpc) is 2.79. The van der Waals surface area contributed by atoms with Crippen molar-refractivity contribution in [3.8, 4) is 0 Å². The van der Waals surface area contributed by atoms with Crippen molar-refractivity contribution in [3.63, 3.8) is 0 Å². The topological polar surface area (TPSA) is 65.6 Å². The molecule has 96 valence electrons. The Bertz CT molecular complexity index is 320. The third kappa shape index (κ3) is 3.51. The average molecular weight is 237 g/mol. The van der Waals surface area contributed by atoms with E-state index in [9.17, 15) is 0 Å². The highest BCUT2D eigenvalue weighted by atomic mass is 15.2. The summed E-state index contributed by atoms with van der Waals surface area (Å²) in [5, 5.41) is 13.9. The first-order valence-electron chi connectivity index (χ1n) is 6.47. The quantitative estimate of drug-likeness (QED) is 0.660. The van der Waals surface area contributed by atoms with Gasteiger partial charge in [0, 0.05) is 19.0 Å². The van der Waals surface area contributed by atoms with Gasteiger partial charge in [-0.3, -0.25) is 5.10 Å². The molecule has 0 aliphatic carbocycles. The van der Waals surface area contributed by atoms with Gasteiger partial charge in [-0.1, -0.05) is 13.8 Å². The molecule has 0 bridgehead atoms. The maximum atomic E-state index is 4.12. The molecular formula is C12H23N5. The lowest BCUT2D eigenvalue weighted by Crippen LogP contribution is -2.53. The number of nitrogens with zero attached hydrogens (tertiary/aromatic N) is 2. The molecule has 1 unspecified atom stereocenters. The molecule has 0 spiro atoms. The van der Waals surface area contributed by atoms with E-state index in [-0.39, 0.29) is 0 Å². The van der Waals surface area contributed by atoms with Gasteiger partial charge < -0.3 is 10.6 Å². The molecule has 0 aromatic carbocycles. The molecular weight excluding hydrogens is 214 g/mol. The molecule has 17 heavy (non-hydrogen) atoms. The monoisotopic (exact) mass is 237 g/mol. The summed E-state index contributed by atoms with van der Waals surface area (Å²) >= 11 is 0. The minimum Gasteiger partial charge on any atom is -0.316 e. The minimum atomic E-state index is 0.352. The van der Waals surface area contributed by atoms with E-state index in [1.54, 1.807) is 6.33 Å². The van der Waals surface area contributed by atoms with Crippen molar-refractivity contribution in [1.29, 1.82) is 0 Å². The molecule has 1 atom stereocenters. The van der Waals surface area contributed by atoms with Crippen molar-refractivity contribution in [2.24, 2.45) is 5.41 Å². The molecule has 5 nitrogen and oxygen atoms in total. The third-order valence-corrected chi connectivity index (χ3v) is 3.58. The summed E-state index contributed by atoms with van der Waals surface area (Å²) in [6, 6.07) is 0.624. The summed E-state index contributed by atoms with van der Waals surface area (Å²) in [7, 11) is 0. The number of nitrogens with one attached hydrogen (secondary N) is 3. The zero-order valence-corrected chi connectivity index (χ0v) is 10.8. The number of rotatable bonds is 5. The molecule has 1 aliphatic heterocycles. The Kier molecular flexibility index (Phi) is 4.12. The lowest BCUT2D eigenvalue weighted by molar-refractivity contribution is 0.185. The first kappa shape index (κ1) is 12.5. The van der Waals surface area contributed by atoms with Crippen LogP contribution < -0.4 is 10.6 Å². The Labute approximate surface area is 103 Å². The molecule has 0 saturated carbocycles. The van der Waals surface area contributed by atoms with Crippen LogP contribution in [0.2, 0.25) is 0 Å². The van der Waals surface area contributed by atoms with E-state index in [0.29, 0.717) is 11.5 Å². The van der Waals surface area contributed by atoms with Gasteiger partial charge in [0.25, 0.3) is 0 Å². The standard InChI is InChI=1S/C12H23N5/c1-12(2)8-13-7-5-10(12)14-6-3-4-11-15-9-16-17-11/h9-10,13-14H,3-8H2,1-2H3,(H,15,16,17). The van der Waals surface area contributed by atoms with Gasteiger partial charge in [0.2, 0.25) is 0 Å². The highest BCUT2D eigenvalue weighted by Gasteiger charge is 2.31. The molecule has 2 heterocycles. The van der Waals surface area contributed by atoms with Crippen molar-refractivity contribution in [3.05, 3.63) is 12.2 Å². The first-order valence-corrected chi connectivity index (χ1v) is 6.47. The van der Waals surface area contributed by atoms with Gasteiger partial charge >= 0.3 is 0 Å². The Morgan fingerprint density at radius 3 is 3.12 bits per heavy atom. The number of H-pyrrole nitrogens is 1. The normalized spacial score (nSPS) is 23.8. The fraction of sp³-hybridized carbons (Fsp3) is 0.833. The summed E-state index contributed by atoms with van der Waals surface area (Å²) in [5.74, 6) is 0.983. The van der Waals surface area contributed by atoms with E-state index in [1.807, 2.05) is 0 Å². The SMILES string of the molecule is CC1(C)CNCCC1NCCCc1ncn[nH]1. The fourth-order valence-corrected chi connectivity index (χ4v) is 2.43. The largest absolute Gasteiger partial charge is 0.316 e. The highest BCUT2D eigenvalue weighted by Crippen LogP contribution is 2.24. The van der Waals surface area contributed by atoms with Crippen LogP contribution in [-0.4, -0.2) is 40.9 Å². The van der Waals surface area contributed by atoms with Crippen molar-refractivity contribution >= 4 is 0 Å². The van der Waals surface area contributed by atoms with Crippen LogP contribution in [0.5, 0.6) is 0 Å². The van der Waals surface area contributed by atoms with Crippen molar-refractivity contribution in [2.75, 3.05) is 19.6 Å². The Balaban J connectivity index is 1.67. The third-order valence-electron chi connectivity index (χ3n) is 3.58. The van der Waals surface area contributed by atoms with Crippen molar-refractivity contribution in [2.45, 2.75) is 39.2 Å². The number of aromatic amines is 1. The van der Waals surface area contributed by atoms with Crippen LogP contribution in [-0.2, 0) is 6.42 Å². The summed E-state index contributed by atoms with van der Waals surface area (Å²) in [6.07, 6.45) is 4.86. The van der Waals surface area contributed by atoms with Crippen LogP contribution in [0.4, 0.5) is 0 Å². The number of hydrogen-bond acceptors (Lipinski definition) is 4. The molecule has 1 aliphatic rings. The summed E-state index contributed by atoms with van der Waals surface area (Å²) in [4.78, 5) is 4.12. The number of aryl methyl sites for hydroxylation is 1. The van der Waals surface area contributed by atoms with Crippen LogP contribution in [0.25, 0.3) is 0 Å². The van der Waals surface area contributed by atoms with Gasteiger partial charge in [0.05, 0.1) is 0 Å². The molecule has 1 fully saturated rings. The highest BCUT2D eigenvalue weighted by molar-refractivity contribution is 4.90. The lowest BCUT2D eigenvalue weighted by Gasteiger charge is -2.39. The molecule has 1 aromatic heterocycles. The predicted molar refractivity (Wildman–Crippen MR) is 67.8 cm³/mol. The molecule has 5 heteroatoms. The zero-order valence-electron chi connectivity index (χ0n) is 10.8. The Morgan fingerprint density at radius 1 is 1.53 bits per heavy atom. The lowest BCUT2D eigenvalue weighted by atomic mass is 9.80. The van der Waals surface area contributed by atoms with E-state index in [2.05, 4.69) is 39.7 Å². The molecule has 0 amide bonds. The van der Waals surface area contributed by atoms with Gasteiger partial charge in [-0.2, -0.15) is 5.10 Å². The minimum absolute atomic E-state index is 0.352. The summed E-state index contributed by atoms with van der Waals surface area (Å²) in [5.41, 5.74) is 0.352. The summed E-state index contributed by atoms with van der Waals surface area (Å²) < 4.78 is 0. The maximum absolute atomic E-state index is 4.12. The van der Waals surface area contributed by atoms with Gasteiger partial charge in [0.1, 0.15) is 12.2 Å². The van der Waals surface area contributed by atoms with Gasteiger partial charge in [-0.25, -0.2) is 4.98 Å². The van der Waals surface area contributed by atoms with Crippen molar-refractivity contribution < 1.29 is 0 Å². The Morgan fingerprint density at radius 2 is 2.41 bits per heavy atom. The van der Waals surface area contributed by atoms with Crippen LogP contribution in [0, 0.1) is 5.41 Å². The summed E-state index contributed by atoms with van der Waals surface area (Å²) in [6.45, 7) is 7.94. The van der Waals surface area contributed by atoms with E-state index >= 15 is 0 Å². The molecule has 3 N–H and O–H groups in total.